The normalized spacial score (nSPS) is 11.9. The van der Waals surface area contributed by atoms with Gasteiger partial charge in [0.05, 0.1) is 18.9 Å². The second kappa shape index (κ2) is 5.68. The molecule has 0 aliphatic rings. The Labute approximate surface area is 104 Å². The number of Topliss-reactive ketones (excluding diaryl/α,β-unsaturated/α-hetero) is 1. The molecule has 1 rings (SSSR count). The van der Waals surface area contributed by atoms with E-state index in [1.807, 2.05) is 0 Å². The monoisotopic (exact) mass is 256 g/mol. The lowest BCUT2D eigenvalue weighted by Gasteiger charge is -2.10. The van der Waals surface area contributed by atoms with E-state index < -0.39 is 11.3 Å². The first-order valence-corrected chi connectivity index (χ1v) is 5.46. The number of carbonyl (C=O) groups excluding carboxylic acids is 1. The van der Waals surface area contributed by atoms with E-state index in [4.69, 9.17) is 21.4 Å². The van der Waals surface area contributed by atoms with Crippen molar-refractivity contribution in [1.82, 2.24) is 0 Å². The van der Waals surface area contributed by atoms with Crippen molar-refractivity contribution >= 4 is 23.4 Å². The van der Waals surface area contributed by atoms with Gasteiger partial charge in [0.2, 0.25) is 0 Å². The molecule has 0 radical (unpaired) electrons. The minimum atomic E-state index is -0.994. The van der Waals surface area contributed by atoms with E-state index in [0.29, 0.717) is 16.9 Å². The van der Waals surface area contributed by atoms with Crippen LogP contribution < -0.4 is 4.74 Å². The predicted octanol–water partition coefficient (Wildman–Crippen LogP) is 2.13. The minimum absolute atomic E-state index is 0.214. The van der Waals surface area contributed by atoms with Crippen LogP contribution in [0.15, 0.2) is 18.2 Å². The summed E-state index contributed by atoms with van der Waals surface area (Å²) in [5.74, 6) is -0.798. The highest BCUT2D eigenvalue weighted by atomic mass is 35.5. The van der Waals surface area contributed by atoms with Crippen LogP contribution in [-0.2, 0) is 11.2 Å². The van der Waals surface area contributed by atoms with E-state index in [-0.39, 0.29) is 12.2 Å². The molecular formula is C12H13ClO4. The molecule has 0 fully saturated rings. The van der Waals surface area contributed by atoms with Gasteiger partial charge in [-0.05, 0) is 24.6 Å². The van der Waals surface area contributed by atoms with Crippen LogP contribution in [0.2, 0.25) is 0 Å². The van der Waals surface area contributed by atoms with E-state index in [1.54, 1.807) is 19.1 Å². The van der Waals surface area contributed by atoms with Crippen molar-refractivity contribution < 1.29 is 19.4 Å². The van der Waals surface area contributed by atoms with Gasteiger partial charge in [-0.1, -0.05) is 6.07 Å². The maximum atomic E-state index is 11.8. The number of aliphatic carboxylic acids is 1. The van der Waals surface area contributed by atoms with Crippen LogP contribution in [-0.4, -0.2) is 29.3 Å². The lowest BCUT2D eigenvalue weighted by atomic mass is 9.99. The molecule has 0 amide bonds. The predicted molar refractivity (Wildman–Crippen MR) is 64.0 cm³/mol. The maximum Gasteiger partial charge on any atom is 0.307 e. The first kappa shape index (κ1) is 13.5. The smallest absolute Gasteiger partial charge is 0.307 e. The molecule has 1 atom stereocenters. The summed E-state index contributed by atoms with van der Waals surface area (Å²) in [6.07, 6.45) is -0.214. The standard InChI is InChI=1S/C12H13ClO4/c1-7(13)12(16)10-6-9(17-2)4-3-8(10)5-11(14)15/h3-4,6-7H,5H2,1-2H3,(H,14,15). The van der Waals surface area contributed by atoms with E-state index in [1.165, 1.54) is 13.2 Å². The lowest BCUT2D eigenvalue weighted by Crippen LogP contribution is -2.15. The van der Waals surface area contributed by atoms with Crippen LogP contribution >= 0.6 is 11.6 Å². The molecule has 4 nitrogen and oxygen atoms in total. The summed E-state index contributed by atoms with van der Waals surface area (Å²) in [4.78, 5) is 22.5. The Kier molecular flexibility index (Phi) is 4.52. The number of alkyl halides is 1. The van der Waals surface area contributed by atoms with Crippen molar-refractivity contribution in [3.63, 3.8) is 0 Å². The zero-order chi connectivity index (χ0) is 13.0. The maximum absolute atomic E-state index is 11.8. The topological polar surface area (TPSA) is 63.6 Å². The number of halogens is 1. The Morgan fingerprint density at radius 1 is 1.47 bits per heavy atom. The van der Waals surface area contributed by atoms with Crippen LogP contribution in [0.25, 0.3) is 0 Å². The molecule has 0 aliphatic heterocycles. The number of benzene rings is 1. The van der Waals surface area contributed by atoms with Crippen LogP contribution in [0.1, 0.15) is 22.8 Å². The highest BCUT2D eigenvalue weighted by Crippen LogP contribution is 2.21. The van der Waals surface area contributed by atoms with Gasteiger partial charge >= 0.3 is 5.97 Å². The van der Waals surface area contributed by atoms with Crippen LogP contribution in [0.5, 0.6) is 5.75 Å². The summed E-state index contributed by atoms with van der Waals surface area (Å²) in [6.45, 7) is 1.55. The van der Waals surface area contributed by atoms with E-state index in [9.17, 15) is 9.59 Å². The van der Waals surface area contributed by atoms with Crippen molar-refractivity contribution in [2.24, 2.45) is 0 Å². The van der Waals surface area contributed by atoms with Gasteiger partial charge < -0.3 is 9.84 Å². The Balaban J connectivity index is 3.20. The summed E-state index contributed by atoms with van der Waals surface area (Å²) in [6, 6.07) is 4.70. The molecule has 5 heteroatoms. The van der Waals surface area contributed by atoms with Crippen molar-refractivity contribution in [3.8, 4) is 5.75 Å². The fourth-order valence-electron chi connectivity index (χ4n) is 1.44. The molecule has 0 heterocycles. The van der Waals surface area contributed by atoms with Crippen LogP contribution in [0.4, 0.5) is 0 Å². The molecule has 1 N–H and O–H groups in total. The number of carboxylic acids is 1. The van der Waals surface area contributed by atoms with Gasteiger partial charge in [-0.3, -0.25) is 9.59 Å². The number of ketones is 1. The number of rotatable bonds is 5. The summed E-state index contributed by atoms with van der Waals surface area (Å²) in [5.41, 5.74) is 0.741. The molecule has 1 unspecified atom stereocenters. The Hall–Kier alpha value is -1.55. The van der Waals surface area contributed by atoms with Crippen LogP contribution in [0.3, 0.4) is 0 Å². The van der Waals surface area contributed by atoms with Gasteiger partial charge in [0.25, 0.3) is 0 Å². The first-order valence-electron chi connectivity index (χ1n) is 5.02. The zero-order valence-corrected chi connectivity index (χ0v) is 10.3. The summed E-state index contributed by atoms with van der Waals surface area (Å²) in [5, 5.41) is 8.06. The average molecular weight is 257 g/mol. The zero-order valence-electron chi connectivity index (χ0n) is 9.57. The second-order valence-electron chi connectivity index (χ2n) is 3.57. The van der Waals surface area contributed by atoms with Crippen molar-refractivity contribution in [3.05, 3.63) is 29.3 Å². The molecular weight excluding hydrogens is 244 g/mol. The van der Waals surface area contributed by atoms with Gasteiger partial charge in [0.15, 0.2) is 5.78 Å². The summed E-state index contributed by atoms with van der Waals surface area (Å²) in [7, 11) is 1.48. The molecule has 0 saturated heterocycles. The van der Waals surface area contributed by atoms with Gasteiger partial charge in [-0.2, -0.15) is 0 Å². The molecule has 92 valence electrons. The third-order valence-corrected chi connectivity index (χ3v) is 2.48. The lowest BCUT2D eigenvalue weighted by molar-refractivity contribution is -0.136. The van der Waals surface area contributed by atoms with Gasteiger partial charge in [0.1, 0.15) is 5.75 Å². The summed E-state index contributed by atoms with van der Waals surface area (Å²) >= 11 is 5.73. The molecule has 17 heavy (non-hydrogen) atoms. The quantitative estimate of drug-likeness (QED) is 0.648. The van der Waals surface area contributed by atoms with E-state index in [2.05, 4.69) is 0 Å². The van der Waals surface area contributed by atoms with Gasteiger partial charge in [-0.15, -0.1) is 11.6 Å². The molecule has 0 aromatic heterocycles. The molecule has 0 spiro atoms. The number of ether oxygens (including phenoxy) is 1. The van der Waals surface area contributed by atoms with Crippen LogP contribution in [0, 0.1) is 0 Å². The largest absolute Gasteiger partial charge is 0.497 e. The van der Waals surface area contributed by atoms with Crippen molar-refractivity contribution in [2.45, 2.75) is 18.7 Å². The van der Waals surface area contributed by atoms with Crippen molar-refractivity contribution in [1.29, 1.82) is 0 Å². The van der Waals surface area contributed by atoms with E-state index >= 15 is 0 Å². The number of carbonyl (C=O) groups is 2. The second-order valence-corrected chi connectivity index (χ2v) is 4.23. The van der Waals surface area contributed by atoms with E-state index in [0.717, 1.165) is 0 Å². The molecule has 1 aromatic rings. The SMILES string of the molecule is COc1ccc(CC(=O)O)c(C(=O)C(C)Cl)c1. The number of hydrogen-bond donors (Lipinski definition) is 1. The number of methoxy groups -OCH3 is 1. The minimum Gasteiger partial charge on any atom is -0.497 e. The molecule has 0 bridgehead atoms. The number of hydrogen-bond acceptors (Lipinski definition) is 3. The molecule has 0 aliphatic carbocycles. The molecule has 1 aromatic carbocycles. The first-order chi connectivity index (χ1) is 7.95. The van der Waals surface area contributed by atoms with Gasteiger partial charge in [0, 0.05) is 5.56 Å². The van der Waals surface area contributed by atoms with Gasteiger partial charge in [-0.25, -0.2) is 0 Å². The Morgan fingerprint density at radius 2 is 2.12 bits per heavy atom. The third-order valence-electron chi connectivity index (χ3n) is 2.29. The number of carboxylic acid groups (broad SMARTS) is 1. The Bertz CT molecular complexity index is 440. The summed E-state index contributed by atoms with van der Waals surface area (Å²) < 4.78 is 5.00. The fraction of sp³-hybridized carbons (Fsp3) is 0.333. The highest BCUT2D eigenvalue weighted by molar-refractivity contribution is 6.33. The molecule has 0 saturated carbocycles. The fourth-order valence-corrected chi connectivity index (χ4v) is 1.56. The average Bonchev–Trinajstić information content (AvgIpc) is 2.27. The third kappa shape index (κ3) is 3.46. The van der Waals surface area contributed by atoms with Crippen molar-refractivity contribution in [2.75, 3.05) is 7.11 Å². The highest BCUT2D eigenvalue weighted by Gasteiger charge is 2.18. The Morgan fingerprint density at radius 3 is 2.59 bits per heavy atom.